The zero-order valence-corrected chi connectivity index (χ0v) is 8.16. The fourth-order valence-electron chi connectivity index (χ4n) is 0.995. The van der Waals surface area contributed by atoms with Gasteiger partial charge >= 0.3 is 0 Å². The number of rotatable bonds is 3. The van der Waals surface area contributed by atoms with Gasteiger partial charge in [0.05, 0.1) is 0 Å². The van der Waals surface area contributed by atoms with Crippen molar-refractivity contribution in [1.29, 1.82) is 0 Å². The van der Waals surface area contributed by atoms with Gasteiger partial charge < -0.3 is 5.32 Å². The van der Waals surface area contributed by atoms with Gasteiger partial charge in [-0.2, -0.15) is 0 Å². The van der Waals surface area contributed by atoms with Crippen molar-refractivity contribution in [2.24, 2.45) is 0 Å². The number of amides is 1. The third-order valence-electron chi connectivity index (χ3n) is 1.69. The predicted molar refractivity (Wildman–Crippen MR) is 56.6 cm³/mol. The van der Waals surface area contributed by atoms with Crippen molar-refractivity contribution < 1.29 is 4.79 Å². The Balaban J connectivity index is 2.42. The number of benzene rings is 1. The maximum atomic E-state index is 11.1. The normalized spacial score (nSPS) is 8.64. The molecule has 0 atom stereocenters. The number of hydrogen-bond acceptors (Lipinski definition) is 1. The predicted octanol–water partition coefficient (Wildman–Crippen LogP) is 2.03. The Bertz CT molecular complexity index is 348. The molecule has 0 unspecified atom stereocenters. The summed E-state index contributed by atoms with van der Waals surface area (Å²) in [4.78, 5) is 11.1. The lowest BCUT2D eigenvalue weighted by Crippen LogP contribution is -2.19. The summed E-state index contributed by atoms with van der Waals surface area (Å²) in [6, 6.07) is 9.79. The second-order valence-electron chi connectivity index (χ2n) is 2.80. The van der Waals surface area contributed by atoms with Crippen LogP contribution in [0.2, 0.25) is 0 Å². The van der Waals surface area contributed by atoms with Crippen molar-refractivity contribution >= 4 is 5.91 Å². The third-order valence-corrected chi connectivity index (χ3v) is 1.69. The molecule has 0 aliphatic heterocycles. The van der Waals surface area contributed by atoms with E-state index in [4.69, 9.17) is 0 Å². The second-order valence-corrected chi connectivity index (χ2v) is 2.80. The standard InChI is InChI=1S/C12H13NO/c1-2-3-9-12(14)13-10-11-7-5-4-6-8-11/h2,4-9H,10H2,1H3,(H,13,14). The average Bonchev–Trinajstić information content (AvgIpc) is 2.25. The van der Waals surface area contributed by atoms with E-state index in [0.29, 0.717) is 6.54 Å². The van der Waals surface area contributed by atoms with Gasteiger partial charge in [0, 0.05) is 12.6 Å². The van der Waals surface area contributed by atoms with Crippen molar-refractivity contribution in [2.45, 2.75) is 13.5 Å². The Labute approximate surface area is 84.0 Å². The minimum absolute atomic E-state index is 0.119. The first kappa shape index (κ1) is 10.3. The molecule has 1 aromatic carbocycles. The first-order valence-corrected chi connectivity index (χ1v) is 4.52. The highest BCUT2D eigenvalue weighted by molar-refractivity contribution is 5.87. The fraction of sp³-hybridized carbons (Fsp3) is 0.167. The van der Waals surface area contributed by atoms with Gasteiger partial charge in [0.2, 0.25) is 0 Å². The molecule has 0 aliphatic carbocycles. The van der Waals surface area contributed by atoms with Crippen LogP contribution in [-0.4, -0.2) is 5.91 Å². The summed E-state index contributed by atoms with van der Waals surface area (Å²) in [7, 11) is 0. The average molecular weight is 187 g/mol. The molecule has 72 valence electrons. The van der Waals surface area contributed by atoms with Gasteiger partial charge in [-0.3, -0.25) is 4.79 Å². The lowest BCUT2D eigenvalue weighted by Gasteiger charge is -2.00. The van der Waals surface area contributed by atoms with Crippen LogP contribution in [-0.2, 0) is 11.3 Å². The summed E-state index contributed by atoms with van der Waals surface area (Å²) in [5.41, 5.74) is 3.81. The van der Waals surface area contributed by atoms with Crippen LogP contribution < -0.4 is 5.32 Å². The maximum absolute atomic E-state index is 11.1. The highest BCUT2D eigenvalue weighted by Gasteiger charge is 1.94. The van der Waals surface area contributed by atoms with Gasteiger partial charge in [-0.25, -0.2) is 0 Å². The van der Waals surface area contributed by atoms with E-state index in [0.717, 1.165) is 5.56 Å². The minimum Gasteiger partial charge on any atom is -0.348 e. The maximum Gasteiger partial charge on any atom is 0.252 e. The van der Waals surface area contributed by atoms with Crippen LogP contribution in [0, 0.1) is 0 Å². The van der Waals surface area contributed by atoms with E-state index in [2.05, 4.69) is 11.0 Å². The molecule has 0 heterocycles. The zero-order chi connectivity index (χ0) is 10.2. The summed E-state index contributed by atoms with van der Waals surface area (Å²) in [5.74, 6) is -0.119. The van der Waals surface area contributed by atoms with Crippen LogP contribution in [0.3, 0.4) is 0 Å². The molecule has 14 heavy (non-hydrogen) atoms. The van der Waals surface area contributed by atoms with Crippen LogP contribution in [0.1, 0.15) is 12.5 Å². The number of hydrogen-bond donors (Lipinski definition) is 1. The first-order chi connectivity index (χ1) is 6.83. The third kappa shape index (κ3) is 3.74. The quantitative estimate of drug-likeness (QED) is 0.569. The van der Waals surface area contributed by atoms with Gasteiger partial charge in [-0.1, -0.05) is 30.3 Å². The molecule has 0 aliphatic rings. The molecule has 2 heteroatoms. The number of nitrogens with one attached hydrogen (secondary N) is 1. The molecule has 1 N–H and O–H groups in total. The molecule has 0 bridgehead atoms. The topological polar surface area (TPSA) is 29.1 Å². The zero-order valence-electron chi connectivity index (χ0n) is 8.16. The summed E-state index contributed by atoms with van der Waals surface area (Å²) >= 11 is 0. The molecule has 1 aromatic rings. The van der Waals surface area contributed by atoms with Crippen LogP contribution in [0.4, 0.5) is 0 Å². The highest BCUT2D eigenvalue weighted by atomic mass is 16.1. The van der Waals surface area contributed by atoms with Crippen molar-refractivity contribution in [1.82, 2.24) is 5.32 Å². The number of carbonyl (C=O) groups excluding carboxylic acids is 1. The monoisotopic (exact) mass is 187 g/mol. The molecule has 1 rings (SSSR count). The SMILES string of the molecule is CC=C=CC(=O)NCc1ccccc1. The second kappa shape index (κ2) is 5.79. The van der Waals surface area contributed by atoms with Crippen LogP contribution in [0.15, 0.2) is 48.2 Å². The molecule has 0 radical (unpaired) electrons. The van der Waals surface area contributed by atoms with Crippen LogP contribution in [0.5, 0.6) is 0 Å². The Hall–Kier alpha value is -1.79. The molecule has 0 saturated carbocycles. The van der Waals surface area contributed by atoms with E-state index in [-0.39, 0.29) is 5.91 Å². The Morgan fingerprint density at radius 2 is 2.14 bits per heavy atom. The van der Waals surface area contributed by atoms with E-state index in [9.17, 15) is 4.79 Å². The van der Waals surface area contributed by atoms with Gasteiger partial charge in [0.1, 0.15) is 0 Å². The number of carbonyl (C=O) groups is 1. The molecule has 2 nitrogen and oxygen atoms in total. The summed E-state index contributed by atoms with van der Waals surface area (Å²) in [5, 5.41) is 2.76. The highest BCUT2D eigenvalue weighted by Crippen LogP contribution is 1.96. The van der Waals surface area contributed by atoms with Crippen LogP contribution >= 0.6 is 0 Å². The van der Waals surface area contributed by atoms with E-state index in [1.807, 2.05) is 37.3 Å². The summed E-state index contributed by atoms with van der Waals surface area (Å²) in [6.07, 6.45) is 3.09. The van der Waals surface area contributed by atoms with Crippen LogP contribution in [0.25, 0.3) is 0 Å². The largest absolute Gasteiger partial charge is 0.348 e. The van der Waals surface area contributed by atoms with Gasteiger partial charge in [-0.05, 0) is 18.6 Å². The molecule has 0 saturated heterocycles. The van der Waals surface area contributed by atoms with E-state index in [1.165, 1.54) is 6.08 Å². The fourth-order valence-corrected chi connectivity index (χ4v) is 0.995. The van der Waals surface area contributed by atoms with Crippen molar-refractivity contribution in [3.63, 3.8) is 0 Å². The molecule has 0 aromatic heterocycles. The lowest BCUT2D eigenvalue weighted by atomic mass is 10.2. The van der Waals surface area contributed by atoms with Gasteiger partial charge in [0.15, 0.2) is 0 Å². The van der Waals surface area contributed by atoms with Crippen molar-refractivity contribution in [2.75, 3.05) is 0 Å². The minimum atomic E-state index is -0.119. The van der Waals surface area contributed by atoms with Crippen molar-refractivity contribution in [3.05, 3.63) is 53.8 Å². The van der Waals surface area contributed by atoms with E-state index < -0.39 is 0 Å². The summed E-state index contributed by atoms with van der Waals surface area (Å²) < 4.78 is 0. The van der Waals surface area contributed by atoms with Gasteiger partial charge in [0.25, 0.3) is 5.91 Å². The Morgan fingerprint density at radius 3 is 2.79 bits per heavy atom. The van der Waals surface area contributed by atoms with E-state index in [1.54, 1.807) is 6.08 Å². The van der Waals surface area contributed by atoms with Gasteiger partial charge in [-0.15, -0.1) is 5.73 Å². The molecule has 0 fully saturated rings. The first-order valence-electron chi connectivity index (χ1n) is 4.52. The molecular formula is C12H13NO. The summed E-state index contributed by atoms with van der Waals surface area (Å²) in [6.45, 7) is 2.38. The molecule has 0 spiro atoms. The molecular weight excluding hydrogens is 174 g/mol. The van der Waals surface area contributed by atoms with E-state index >= 15 is 0 Å². The lowest BCUT2D eigenvalue weighted by molar-refractivity contribution is -0.116. The molecule has 1 amide bonds. The Morgan fingerprint density at radius 1 is 1.43 bits per heavy atom. The smallest absolute Gasteiger partial charge is 0.252 e. The Kier molecular flexibility index (Phi) is 4.25. The van der Waals surface area contributed by atoms with Crippen molar-refractivity contribution in [3.8, 4) is 0 Å².